The molecule has 0 saturated carbocycles. The number of piperazine rings is 1. The average molecular weight is 446 g/mol. The van der Waals surface area contributed by atoms with Crippen LogP contribution in [0.2, 0.25) is 0 Å². The molecule has 0 spiro atoms. The van der Waals surface area contributed by atoms with Crippen molar-refractivity contribution < 1.29 is 14.3 Å². The van der Waals surface area contributed by atoms with Gasteiger partial charge in [-0.2, -0.15) is 0 Å². The fraction of sp³-hybridized carbons (Fsp3) is 0.611. The molecule has 1 heterocycles. The lowest BCUT2D eigenvalue weighted by Crippen LogP contribution is -2.55. The molecule has 2 rings (SSSR count). The van der Waals surface area contributed by atoms with Gasteiger partial charge in [0.1, 0.15) is 18.0 Å². The summed E-state index contributed by atoms with van der Waals surface area (Å²) in [5.41, 5.74) is -0.449. The quantitative estimate of drug-likeness (QED) is 0.663. The molecule has 0 unspecified atom stereocenters. The largest absolute Gasteiger partial charge is 0.492 e. The third-order valence-electron chi connectivity index (χ3n) is 3.83. The minimum atomic E-state index is -0.449. The molecule has 1 saturated heterocycles. The van der Waals surface area contributed by atoms with Gasteiger partial charge in [0, 0.05) is 35.8 Å². The fourth-order valence-corrected chi connectivity index (χ4v) is 3.01. The number of ether oxygens (including phenoxy) is 2. The SMILES string of the molecule is C[C@@H]1CN(CCOc2ccc(I)cc2)CCN1C(=O)OC(C)(C)C. The Morgan fingerprint density at radius 2 is 1.92 bits per heavy atom. The van der Waals surface area contributed by atoms with E-state index < -0.39 is 5.60 Å². The van der Waals surface area contributed by atoms with Crippen LogP contribution in [0.3, 0.4) is 0 Å². The van der Waals surface area contributed by atoms with Crippen LogP contribution in [0.4, 0.5) is 4.79 Å². The minimum Gasteiger partial charge on any atom is -0.492 e. The van der Waals surface area contributed by atoms with Gasteiger partial charge < -0.3 is 14.4 Å². The molecule has 1 fully saturated rings. The van der Waals surface area contributed by atoms with E-state index in [4.69, 9.17) is 9.47 Å². The van der Waals surface area contributed by atoms with E-state index >= 15 is 0 Å². The topological polar surface area (TPSA) is 42.0 Å². The lowest BCUT2D eigenvalue weighted by molar-refractivity contribution is 0.000361. The Hall–Kier alpha value is -1.02. The summed E-state index contributed by atoms with van der Waals surface area (Å²) in [6.45, 7) is 11.7. The monoisotopic (exact) mass is 446 g/mol. The first-order valence-electron chi connectivity index (χ1n) is 8.35. The van der Waals surface area contributed by atoms with E-state index in [1.54, 1.807) is 0 Å². The summed E-state index contributed by atoms with van der Waals surface area (Å²) in [7, 11) is 0. The summed E-state index contributed by atoms with van der Waals surface area (Å²) < 4.78 is 12.5. The molecule has 134 valence electrons. The second-order valence-electron chi connectivity index (χ2n) is 7.13. The highest BCUT2D eigenvalue weighted by molar-refractivity contribution is 14.1. The highest BCUT2D eigenvalue weighted by atomic mass is 127. The van der Waals surface area contributed by atoms with E-state index in [0.29, 0.717) is 13.2 Å². The third kappa shape index (κ3) is 6.12. The van der Waals surface area contributed by atoms with E-state index in [1.807, 2.05) is 49.9 Å². The predicted molar refractivity (Wildman–Crippen MR) is 103 cm³/mol. The molecule has 6 heteroatoms. The predicted octanol–water partition coefficient (Wildman–Crippen LogP) is 3.61. The third-order valence-corrected chi connectivity index (χ3v) is 4.55. The van der Waals surface area contributed by atoms with Crippen LogP contribution in [0.25, 0.3) is 0 Å². The number of benzene rings is 1. The standard InChI is InChI=1S/C18H27IN2O3/c1-14-13-20(9-10-21(14)17(22)24-18(2,3)4)11-12-23-16-7-5-15(19)6-8-16/h5-8,14H,9-13H2,1-4H3/t14-/m1/s1. The van der Waals surface area contributed by atoms with Gasteiger partial charge in [-0.15, -0.1) is 0 Å². The van der Waals surface area contributed by atoms with Gasteiger partial charge in [0.15, 0.2) is 0 Å². The zero-order chi connectivity index (χ0) is 17.7. The fourth-order valence-electron chi connectivity index (χ4n) is 2.65. The van der Waals surface area contributed by atoms with Crippen LogP contribution in [0.15, 0.2) is 24.3 Å². The van der Waals surface area contributed by atoms with Crippen molar-refractivity contribution in [2.75, 3.05) is 32.8 Å². The minimum absolute atomic E-state index is 0.145. The van der Waals surface area contributed by atoms with Gasteiger partial charge in [0.05, 0.1) is 0 Å². The van der Waals surface area contributed by atoms with E-state index in [2.05, 4.69) is 34.4 Å². The summed E-state index contributed by atoms with van der Waals surface area (Å²) in [5, 5.41) is 0. The number of halogens is 1. The summed E-state index contributed by atoms with van der Waals surface area (Å²) in [6.07, 6.45) is -0.218. The molecular weight excluding hydrogens is 419 g/mol. The molecule has 0 aliphatic carbocycles. The molecule has 1 aliphatic rings. The molecule has 5 nitrogen and oxygen atoms in total. The van der Waals surface area contributed by atoms with Crippen LogP contribution < -0.4 is 4.74 Å². The van der Waals surface area contributed by atoms with Gasteiger partial charge in [0.2, 0.25) is 0 Å². The van der Waals surface area contributed by atoms with E-state index in [9.17, 15) is 4.79 Å². The number of rotatable bonds is 4. The maximum Gasteiger partial charge on any atom is 0.410 e. The molecule has 1 aromatic rings. The molecule has 0 radical (unpaired) electrons. The van der Waals surface area contributed by atoms with Gasteiger partial charge in [-0.05, 0) is 74.6 Å². The lowest BCUT2D eigenvalue weighted by Gasteiger charge is -2.40. The summed E-state index contributed by atoms with van der Waals surface area (Å²) >= 11 is 2.28. The molecule has 0 N–H and O–H groups in total. The van der Waals surface area contributed by atoms with Gasteiger partial charge in [-0.3, -0.25) is 4.90 Å². The number of carbonyl (C=O) groups is 1. The Labute approximate surface area is 158 Å². The van der Waals surface area contributed by atoms with Gasteiger partial charge in [0.25, 0.3) is 0 Å². The zero-order valence-electron chi connectivity index (χ0n) is 14.9. The van der Waals surface area contributed by atoms with Crippen LogP contribution in [0.1, 0.15) is 27.7 Å². The van der Waals surface area contributed by atoms with Crippen molar-refractivity contribution in [1.82, 2.24) is 9.80 Å². The maximum absolute atomic E-state index is 12.2. The number of hydrogen-bond donors (Lipinski definition) is 0. The van der Waals surface area contributed by atoms with Crippen LogP contribution in [-0.2, 0) is 4.74 Å². The lowest BCUT2D eigenvalue weighted by atomic mass is 10.2. The van der Waals surface area contributed by atoms with Gasteiger partial charge in [-0.1, -0.05) is 0 Å². The Balaban J connectivity index is 1.74. The van der Waals surface area contributed by atoms with Crippen LogP contribution in [0, 0.1) is 3.57 Å². The Morgan fingerprint density at radius 3 is 2.50 bits per heavy atom. The second kappa shape index (κ2) is 8.38. The first-order valence-corrected chi connectivity index (χ1v) is 9.43. The van der Waals surface area contributed by atoms with Crippen molar-refractivity contribution in [1.29, 1.82) is 0 Å². The molecule has 0 bridgehead atoms. The van der Waals surface area contributed by atoms with Gasteiger partial charge in [-0.25, -0.2) is 4.79 Å². The summed E-state index contributed by atoms with van der Waals surface area (Å²) in [4.78, 5) is 16.4. The number of amides is 1. The molecule has 1 aromatic carbocycles. The van der Waals surface area contributed by atoms with Crippen molar-refractivity contribution in [3.63, 3.8) is 0 Å². The average Bonchev–Trinajstić information content (AvgIpc) is 2.47. The number of carbonyl (C=O) groups excluding carboxylic acids is 1. The van der Waals surface area contributed by atoms with Crippen molar-refractivity contribution >= 4 is 28.7 Å². The second-order valence-corrected chi connectivity index (χ2v) is 8.37. The first-order chi connectivity index (χ1) is 11.2. The Kier molecular flexibility index (Phi) is 6.74. The Morgan fingerprint density at radius 1 is 1.25 bits per heavy atom. The highest BCUT2D eigenvalue weighted by Gasteiger charge is 2.30. The summed E-state index contributed by atoms with van der Waals surface area (Å²) in [5.74, 6) is 0.899. The molecule has 1 amide bonds. The Bertz CT molecular complexity index is 542. The van der Waals surface area contributed by atoms with Crippen molar-refractivity contribution in [2.45, 2.75) is 39.3 Å². The molecule has 1 atom stereocenters. The van der Waals surface area contributed by atoms with E-state index in [-0.39, 0.29) is 12.1 Å². The van der Waals surface area contributed by atoms with Crippen LogP contribution in [-0.4, -0.2) is 60.3 Å². The van der Waals surface area contributed by atoms with Crippen molar-refractivity contribution in [2.24, 2.45) is 0 Å². The summed E-state index contributed by atoms with van der Waals surface area (Å²) in [6, 6.07) is 8.21. The van der Waals surface area contributed by atoms with Crippen LogP contribution in [0.5, 0.6) is 5.75 Å². The molecule has 24 heavy (non-hydrogen) atoms. The first kappa shape index (κ1) is 19.3. The highest BCUT2D eigenvalue weighted by Crippen LogP contribution is 2.16. The molecule has 0 aromatic heterocycles. The van der Waals surface area contributed by atoms with Gasteiger partial charge >= 0.3 is 6.09 Å². The van der Waals surface area contributed by atoms with E-state index in [0.717, 1.165) is 25.4 Å². The van der Waals surface area contributed by atoms with Crippen molar-refractivity contribution in [3.8, 4) is 5.75 Å². The van der Waals surface area contributed by atoms with Crippen LogP contribution >= 0.6 is 22.6 Å². The smallest absolute Gasteiger partial charge is 0.410 e. The van der Waals surface area contributed by atoms with E-state index in [1.165, 1.54) is 3.57 Å². The maximum atomic E-state index is 12.2. The molecule has 1 aliphatic heterocycles. The number of hydrogen-bond acceptors (Lipinski definition) is 4. The molecular formula is C18H27IN2O3. The normalized spacial score (nSPS) is 19.2. The zero-order valence-corrected chi connectivity index (χ0v) is 17.1. The van der Waals surface area contributed by atoms with Crippen molar-refractivity contribution in [3.05, 3.63) is 27.8 Å². The number of nitrogens with zero attached hydrogens (tertiary/aromatic N) is 2.